The SMILES string of the molecule is C=CC=Cc1nc(-c2c(C#N)nc(NCCOC)nc2NC2CC(CO)C(O)C2O)sc1C. The van der Waals surface area contributed by atoms with Crippen LogP contribution in [-0.4, -0.2) is 75.4 Å². The summed E-state index contributed by atoms with van der Waals surface area (Å²) in [7, 11) is 1.58. The van der Waals surface area contributed by atoms with Crippen LogP contribution in [0.2, 0.25) is 0 Å². The lowest BCUT2D eigenvalue weighted by atomic mass is 10.1. The first-order valence-electron chi connectivity index (χ1n) is 10.5. The van der Waals surface area contributed by atoms with Crippen molar-refractivity contribution in [3.8, 4) is 16.6 Å². The molecule has 1 saturated carbocycles. The summed E-state index contributed by atoms with van der Waals surface area (Å²) in [6, 6.07) is 1.54. The summed E-state index contributed by atoms with van der Waals surface area (Å²) in [5, 5.41) is 46.8. The Kier molecular flexibility index (Phi) is 8.49. The van der Waals surface area contributed by atoms with Gasteiger partial charge < -0.3 is 30.7 Å². The van der Waals surface area contributed by atoms with E-state index in [0.717, 1.165) is 10.6 Å². The van der Waals surface area contributed by atoms with Crippen molar-refractivity contribution in [3.63, 3.8) is 0 Å². The highest BCUT2D eigenvalue weighted by Crippen LogP contribution is 2.37. The third-order valence-electron chi connectivity index (χ3n) is 5.40. The standard InChI is InChI=1S/C22H28N6O4S/c1-4-5-6-14-12(2)33-21(26-14)17-16(10-23)27-22(24-7-8-32-3)28-20(17)25-15-9-13(11-29)18(30)19(15)31/h4-6,13,15,18-19,29-31H,1,7-9,11H2,2-3H3,(H2,24,25,27,28). The van der Waals surface area contributed by atoms with Crippen LogP contribution in [0.1, 0.15) is 22.7 Å². The fourth-order valence-electron chi connectivity index (χ4n) is 3.65. The zero-order valence-corrected chi connectivity index (χ0v) is 19.3. The number of hydrogen-bond acceptors (Lipinski definition) is 11. The molecule has 2 aromatic heterocycles. The smallest absolute Gasteiger partial charge is 0.226 e. The highest BCUT2D eigenvalue weighted by Gasteiger charge is 2.41. The zero-order valence-electron chi connectivity index (χ0n) is 18.5. The number of aliphatic hydroxyl groups excluding tert-OH is 3. The van der Waals surface area contributed by atoms with E-state index in [1.807, 2.05) is 13.0 Å². The van der Waals surface area contributed by atoms with Gasteiger partial charge in [0.25, 0.3) is 0 Å². The van der Waals surface area contributed by atoms with Gasteiger partial charge >= 0.3 is 0 Å². The first-order chi connectivity index (χ1) is 15.9. The van der Waals surface area contributed by atoms with Gasteiger partial charge in [-0.1, -0.05) is 18.7 Å². The van der Waals surface area contributed by atoms with Crippen LogP contribution in [0.5, 0.6) is 0 Å². The molecule has 2 heterocycles. The number of allylic oxidation sites excluding steroid dienone is 2. The molecular weight excluding hydrogens is 444 g/mol. The van der Waals surface area contributed by atoms with Crippen molar-refractivity contribution in [2.24, 2.45) is 5.92 Å². The maximum Gasteiger partial charge on any atom is 0.226 e. The molecule has 5 N–H and O–H groups in total. The highest BCUT2D eigenvalue weighted by molar-refractivity contribution is 7.15. The van der Waals surface area contributed by atoms with Crippen molar-refractivity contribution in [2.75, 3.05) is 37.5 Å². The molecule has 0 spiro atoms. The summed E-state index contributed by atoms with van der Waals surface area (Å²) in [5.41, 5.74) is 1.27. The Morgan fingerprint density at radius 3 is 2.73 bits per heavy atom. The predicted octanol–water partition coefficient (Wildman–Crippen LogP) is 1.55. The van der Waals surface area contributed by atoms with Crippen LogP contribution in [0.4, 0.5) is 11.8 Å². The topological polar surface area (TPSA) is 156 Å². The van der Waals surface area contributed by atoms with E-state index in [-0.39, 0.29) is 18.2 Å². The number of aliphatic hydroxyl groups is 3. The molecule has 10 nitrogen and oxygen atoms in total. The fraction of sp³-hybridized carbons (Fsp3) is 0.455. The third kappa shape index (κ3) is 5.55. The summed E-state index contributed by atoms with van der Waals surface area (Å²) in [6.45, 7) is 6.21. The number of nitriles is 1. The van der Waals surface area contributed by atoms with Crippen LogP contribution in [0, 0.1) is 24.2 Å². The van der Waals surface area contributed by atoms with E-state index in [2.05, 4.69) is 38.2 Å². The molecule has 3 rings (SSSR count). The molecule has 11 heteroatoms. The Morgan fingerprint density at radius 2 is 2.09 bits per heavy atom. The fourth-order valence-corrected chi connectivity index (χ4v) is 4.59. The van der Waals surface area contributed by atoms with E-state index < -0.39 is 24.2 Å². The van der Waals surface area contributed by atoms with Crippen molar-refractivity contribution in [2.45, 2.75) is 31.6 Å². The van der Waals surface area contributed by atoms with E-state index in [9.17, 15) is 20.6 Å². The molecule has 0 bridgehead atoms. The van der Waals surface area contributed by atoms with Gasteiger partial charge in [-0.25, -0.2) is 9.97 Å². The summed E-state index contributed by atoms with van der Waals surface area (Å²) in [6.07, 6.45) is 3.42. The van der Waals surface area contributed by atoms with Crippen LogP contribution >= 0.6 is 11.3 Å². The predicted molar refractivity (Wildman–Crippen MR) is 127 cm³/mol. The van der Waals surface area contributed by atoms with Crippen LogP contribution in [-0.2, 0) is 4.74 Å². The molecule has 176 valence electrons. The van der Waals surface area contributed by atoms with E-state index in [1.54, 1.807) is 19.3 Å². The lowest BCUT2D eigenvalue weighted by Gasteiger charge is -2.21. The lowest BCUT2D eigenvalue weighted by Crippen LogP contribution is -2.35. The average molecular weight is 473 g/mol. The Labute approximate surface area is 196 Å². The summed E-state index contributed by atoms with van der Waals surface area (Å²) in [4.78, 5) is 14.5. The number of methoxy groups -OCH3 is 1. The summed E-state index contributed by atoms with van der Waals surface area (Å²) < 4.78 is 5.04. The Morgan fingerprint density at radius 1 is 1.30 bits per heavy atom. The minimum Gasteiger partial charge on any atom is -0.396 e. The van der Waals surface area contributed by atoms with Crippen molar-refractivity contribution in [3.05, 3.63) is 35.0 Å². The van der Waals surface area contributed by atoms with Crippen molar-refractivity contribution < 1.29 is 20.1 Å². The van der Waals surface area contributed by atoms with E-state index >= 15 is 0 Å². The Balaban J connectivity index is 2.06. The van der Waals surface area contributed by atoms with E-state index in [4.69, 9.17) is 4.74 Å². The van der Waals surface area contributed by atoms with Gasteiger partial charge in [-0.15, -0.1) is 11.3 Å². The van der Waals surface area contributed by atoms with Crippen molar-refractivity contribution in [1.82, 2.24) is 15.0 Å². The number of hydrogen-bond donors (Lipinski definition) is 5. The molecule has 0 aliphatic heterocycles. The average Bonchev–Trinajstić information content (AvgIpc) is 3.31. The van der Waals surface area contributed by atoms with Gasteiger partial charge in [0.1, 0.15) is 23.0 Å². The van der Waals surface area contributed by atoms with Gasteiger partial charge in [-0.05, 0) is 19.4 Å². The molecule has 0 saturated heterocycles. The summed E-state index contributed by atoms with van der Waals surface area (Å²) in [5.74, 6) is 0.0706. The van der Waals surface area contributed by atoms with Crippen LogP contribution in [0.25, 0.3) is 16.6 Å². The maximum atomic E-state index is 10.5. The molecule has 1 fully saturated rings. The van der Waals surface area contributed by atoms with Crippen molar-refractivity contribution >= 4 is 29.2 Å². The maximum absolute atomic E-state index is 10.5. The van der Waals surface area contributed by atoms with E-state index in [0.29, 0.717) is 36.0 Å². The number of aryl methyl sites for hydroxylation is 1. The minimum absolute atomic E-state index is 0.118. The second kappa shape index (κ2) is 11.3. The highest BCUT2D eigenvalue weighted by atomic mass is 32.1. The number of nitrogens with one attached hydrogen (secondary N) is 2. The van der Waals surface area contributed by atoms with Gasteiger partial charge in [-0.3, -0.25) is 0 Å². The summed E-state index contributed by atoms with van der Waals surface area (Å²) >= 11 is 1.39. The number of thiazole rings is 1. The molecule has 4 unspecified atom stereocenters. The molecule has 0 amide bonds. The molecule has 1 aliphatic carbocycles. The normalized spacial score (nSPS) is 22.4. The quantitative estimate of drug-likeness (QED) is 0.254. The van der Waals surface area contributed by atoms with E-state index in [1.165, 1.54) is 11.3 Å². The van der Waals surface area contributed by atoms with Gasteiger partial charge in [-0.2, -0.15) is 10.2 Å². The molecule has 4 atom stereocenters. The Hall–Kier alpha value is -2.88. The first-order valence-corrected chi connectivity index (χ1v) is 11.3. The monoisotopic (exact) mass is 472 g/mol. The van der Waals surface area contributed by atoms with Crippen molar-refractivity contribution in [1.29, 1.82) is 5.26 Å². The number of ether oxygens (including phenoxy) is 1. The van der Waals surface area contributed by atoms with Gasteiger partial charge in [0.15, 0.2) is 5.69 Å². The molecule has 33 heavy (non-hydrogen) atoms. The second-order valence-electron chi connectivity index (χ2n) is 7.62. The van der Waals surface area contributed by atoms with Crippen LogP contribution < -0.4 is 10.6 Å². The van der Waals surface area contributed by atoms with Crippen LogP contribution in [0.3, 0.4) is 0 Å². The van der Waals surface area contributed by atoms with Gasteiger partial charge in [0, 0.05) is 31.1 Å². The third-order valence-corrected chi connectivity index (χ3v) is 6.40. The first kappa shape index (κ1) is 24.8. The van der Waals surface area contributed by atoms with Gasteiger partial charge in [0.2, 0.25) is 5.95 Å². The number of rotatable bonds is 10. The molecular formula is C22H28N6O4S. The zero-order chi connectivity index (χ0) is 24.0. The Bertz CT molecular complexity index is 1050. The largest absolute Gasteiger partial charge is 0.396 e. The van der Waals surface area contributed by atoms with Gasteiger partial charge in [0.05, 0.1) is 30.0 Å². The number of nitrogens with zero attached hydrogens (tertiary/aromatic N) is 4. The molecule has 0 aromatic carbocycles. The molecule has 2 aromatic rings. The second-order valence-corrected chi connectivity index (χ2v) is 8.82. The number of anilines is 2. The minimum atomic E-state index is -1.11. The van der Waals surface area contributed by atoms with Crippen LogP contribution in [0.15, 0.2) is 18.7 Å². The number of aromatic nitrogens is 3. The molecule has 1 aliphatic rings. The molecule has 0 radical (unpaired) electrons. The lowest BCUT2D eigenvalue weighted by molar-refractivity contribution is 0.00446.